The highest BCUT2D eigenvalue weighted by molar-refractivity contribution is 6.25. The molecule has 0 spiro atoms. The molecule has 0 aliphatic carbocycles. The molecule has 0 bridgehead atoms. The Kier molecular flexibility index (Phi) is 4.22. The van der Waals surface area contributed by atoms with Crippen molar-refractivity contribution in [1.29, 1.82) is 0 Å². The van der Waals surface area contributed by atoms with Gasteiger partial charge in [-0.15, -0.1) is 18.2 Å². The molecule has 92 valence electrons. The number of hydrogen-bond donors (Lipinski definition) is 0. The maximum Gasteiger partial charge on any atom is 0.0703 e. The minimum Gasteiger partial charge on any atom is -0.114 e. The first kappa shape index (κ1) is 12.9. The highest BCUT2D eigenvalue weighted by Crippen LogP contribution is 2.27. The second-order valence-electron chi connectivity index (χ2n) is 4.56. The van der Waals surface area contributed by atoms with Crippen LogP contribution in [0.2, 0.25) is 0 Å². The van der Waals surface area contributed by atoms with E-state index in [1.807, 2.05) is 42.5 Å². The van der Waals surface area contributed by atoms with E-state index in [0.29, 0.717) is 0 Å². The van der Waals surface area contributed by atoms with Crippen molar-refractivity contribution in [3.63, 3.8) is 0 Å². The molecule has 0 nitrogen and oxygen atoms in total. The molecular weight excluding hydrogens is 240 g/mol. The Labute approximate surface area is 114 Å². The van der Waals surface area contributed by atoms with E-state index in [2.05, 4.69) is 30.8 Å². The molecule has 0 radical (unpaired) electrons. The molecule has 1 heteroatoms. The standard InChI is InChI=1S/C17H17Cl/c1-2-17(18,13-15-9-5-3-6-10-15)14-16-11-7-4-8-12-16/h2-12H,1,13-14H2. The summed E-state index contributed by atoms with van der Waals surface area (Å²) in [5.41, 5.74) is 2.48. The van der Waals surface area contributed by atoms with Crippen LogP contribution in [0.25, 0.3) is 0 Å². The van der Waals surface area contributed by atoms with Crippen molar-refractivity contribution in [3.8, 4) is 0 Å². The van der Waals surface area contributed by atoms with Crippen LogP contribution in [0.5, 0.6) is 0 Å². The Hall–Kier alpha value is -1.53. The predicted octanol–water partition coefficient (Wildman–Crippen LogP) is 4.64. The van der Waals surface area contributed by atoms with Crippen molar-refractivity contribution in [1.82, 2.24) is 0 Å². The zero-order valence-electron chi connectivity index (χ0n) is 10.4. The molecule has 0 atom stereocenters. The topological polar surface area (TPSA) is 0 Å². The van der Waals surface area contributed by atoms with E-state index in [-0.39, 0.29) is 0 Å². The second-order valence-corrected chi connectivity index (χ2v) is 5.32. The molecule has 0 aromatic heterocycles. The largest absolute Gasteiger partial charge is 0.114 e. The van der Waals surface area contributed by atoms with Crippen LogP contribution in [-0.4, -0.2) is 4.87 Å². The SMILES string of the molecule is C=CC(Cl)(Cc1ccccc1)Cc1ccccc1. The number of alkyl halides is 1. The van der Waals surface area contributed by atoms with E-state index in [1.54, 1.807) is 0 Å². The first-order valence-corrected chi connectivity index (χ1v) is 6.50. The lowest BCUT2D eigenvalue weighted by Gasteiger charge is -2.23. The van der Waals surface area contributed by atoms with E-state index in [1.165, 1.54) is 11.1 Å². The molecule has 2 aromatic rings. The Balaban J connectivity index is 2.13. The fourth-order valence-electron chi connectivity index (χ4n) is 2.08. The lowest BCUT2D eigenvalue weighted by atomic mass is 9.92. The van der Waals surface area contributed by atoms with Crippen LogP contribution in [0, 0.1) is 0 Å². The van der Waals surface area contributed by atoms with Gasteiger partial charge in [-0.3, -0.25) is 0 Å². The van der Waals surface area contributed by atoms with Crippen LogP contribution >= 0.6 is 11.6 Å². The third-order valence-electron chi connectivity index (χ3n) is 3.05. The van der Waals surface area contributed by atoms with Gasteiger partial charge in [0.25, 0.3) is 0 Å². The smallest absolute Gasteiger partial charge is 0.0703 e. The lowest BCUT2D eigenvalue weighted by Crippen LogP contribution is -2.24. The number of hydrogen-bond acceptors (Lipinski definition) is 0. The normalized spacial score (nSPS) is 11.2. The highest BCUT2D eigenvalue weighted by Gasteiger charge is 2.24. The summed E-state index contributed by atoms with van der Waals surface area (Å²) in [6.07, 6.45) is 3.45. The molecule has 0 unspecified atom stereocenters. The highest BCUT2D eigenvalue weighted by atomic mass is 35.5. The van der Waals surface area contributed by atoms with Gasteiger partial charge in [0.15, 0.2) is 0 Å². The second kappa shape index (κ2) is 5.88. The van der Waals surface area contributed by atoms with Crippen LogP contribution in [-0.2, 0) is 12.8 Å². The van der Waals surface area contributed by atoms with Gasteiger partial charge in [-0.25, -0.2) is 0 Å². The Morgan fingerprint density at radius 3 is 1.56 bits per heavy atom. The maximum atomic E-state index is 6.67. The monoisotopic (exact) mass is 256 g/mol. The van der Waals surface area contributed by atoms with Gasteiger partial charge in [-0.05, 0) is 24.0 Å². The van der Waals surface area contributed by atoms with Crippen molar-refractivity contribution in [2.45, 2.75) is 17.7 Å². The fourth-order valence-corrected chi connectivity index (χ4v) is 2.39. The molecular formula is C17H17Cl. The van der Waals surface area contributed by atoms with Gasteiger partial charge in [0, 0.05) is 0 Å². The quantitative estimate of drug-likeness (QED) is 0.540. The molecule has 0 heterocycles. The van der Waals surface area contributed by atoms with Gasteiger partial charge in [-0.1, -0.05) is 66.7 Å². The van der Waals surface area contributed by atoms with Gasteiger partial charge in [0.05, 0.1) is 4.87 Å². The maximum absolute atomic E-state index is 6.67. The molecule has 0 N–H and O–H groups in total. The summed E-state index contributed by atoms with van der Waals surface area (Å²) >= 11 is 6.67. The molecule has 2 rings (SSSR count). The lowest BCUT2D eigenvalue weighted by molar-refractivity contribution is 0.688. The van der Waals surface area contributed by atoms with E-state index in [4.69, 9.17) is 11.6 Å². The number of rotatable bonds is 5. The Morgan fingerprint density at radius 1 is 0.833 bits per heavy atom. The molecule has 0 amide bonds. The number of benzene rings is 2. The summed E-state index contributed by atoms with van der Waals surface area (Å²) in [4.78, 5) is -0.414. The van der Waals surface area contributed by atoms with Crippen molar-refractivity contribution in [2.24, 2.45) is 0 Å². The minimum absolute atomic E-state index is 0.414. The van der Waals surface area contributed by atoms with Crippen molar-refractivity contribution in [2.75, 3.05) is 0 Å². The summed E-state index contributed by atoms with van der Waals surface area (Å²) in [7, 11) is 0. The molecule has 0 fully saturated rings. The average molecular weight is 257 g/mol. The van der Waals surface area contributed by atoms with Gasteiger partial charge < -0.3 is 0 Å². The van der Waals surface area contributed by atoms with Crippen molar-refractivity contribution >= 4 is 11.6 Å². The first-order valence-electron chi connectivity index (χ1n) is 6.12. The molecule has 0 saturated carbocycles. The van der Waals surface area contributed by atoms with Gasteiger partial charge in [-0.2, -0.15) is 0 Å². The van der Waals surface area contributed by atoms with Crippen molar-refractivity contribution in [3.05, 3.63) is 84.4 Å². The third kappa shape index (κ3) is 3.48. The van der Waals surface area contributed by atoms with Gasteiger partial charge in [0.2, 0.25) is 0 Å². The van der Waals surface area contributed by atoms with E-state index in [9.17, 15) is 0 Å². The van der Waals surface area contributed by atoms with E-state index < -0.39 is 4.87 Å². The van der Waals surface area contributed by atoms with Crippen LogP contribution in [0.1, 0.15) is 11.1 Å². The zero-order chi connectivity index (χ0) is 12.8. The zero-order valence-corrected chi connectivity index (χ0v) is 11.1. The summed E-state index contributed by atoms with van der Waals surface area (Å²) in [6, 6.07) is 20.6. The Morgan fingerprint density at radius 2 is 1.22 bits per heavy atom. The third-order valence-corrected chi connectivity index (χ3v) is 3.47. The predicted molar refractivity (Wildman–Crippen MR) is 79.1 cm³/mol. The van der Waals surface area contributed by atoms with Crippen LogP contribution < -0.4 is 0 Å². The van der Waals surface area contributed by atoms with Crippen LogP contribution in [0.3, 0.4) is 0 Å². The molecule has 2 aromatic carbocycles. The molecule has 0 aliphatic rings. The van der Waals surface area contributed by atoms with Gasteiger partial charge in [0.1, 0.15) is 0 Å². The molecule has 0 saturated heterocycles. The fraction of sp³-hybridized carbons (Fsp3) is 0.176. The number of allylic oxidation sites excluding steroid dienone is 1. The summed E-state index contributed by atoms with van der Waals surface area (Å²) in [6.45, 7) is 3.89. The van der Waals surface area contributed by atoms with Crippen molar-refractivity contribution < 1.29 is 0 Å². The van der Waals surface area contributed by atoms with Gasteiger partial charge >= 0.3 is 0 Å². The summed E-state index contributed by atoms with van der Waals surface area (Å²) in [5, 5.41) is 0. The molecule has 18 heavy (non-hydrogen) atoms. The Bertz CT molecular complexity index is 446. The summed E-state index contributed by atoms with van der Waals surface area (Å²) < 4.78 is 0. The first-order chi connectivity index (χ1) is 8.72. The summed E-state index contributed by atoms with van der Waals surface area (Å²) in [5.74, 6) is 0. The van der Waals surface area contributed by atoms with Crippen LogP contribution in [0.4, 0.5) is 0 Å². The van der Waals surface area contributed by atoms with Crippen LogP contribution in [0.15, 0.2) is 73.3 Å². The number of halogens is 1. The van der Waals surface area contributed by atoms with E-state index >= 15 is 0 Å². The average Bonchev–Trinajstić information content (AvgIpc) is 2.41. The minimum atomic E-state index is -0.414. The molecule has 0 aliphatic heterocycles. The van der Waals surface area contributed by atoms with E-state index in [0.717, 1.165) is 12.8 Å².